The van der Waals surface area contributed by atoms with E-state index in [0.29, 0.717) is 5.76 Å². The number of rotatable bonds is 3. The second-order valence-electron chi connectivity index (χ2n) is 6.43. The van der Waals surface area contributed by atoms with E-state index < -0.39 is 18.3 Å². The molecular weight excluding hydrogens is 388 g/mol. The van der Waals surface area contributed by atoms with Crippen LogP contribution in [-0.2, 0) is 4.74 Å². The van der Waals surface area contributed by atoms with Gasteiger partial charge < -0.3 is 24.8 Å². The minimum absolute atomic E-state index is 0.106. The van der Waals surface area contributed by atoms with Gasteiger partial charge in [-0.3, -0.25) is 0 Å². The van der Waals surface area contributed by atoms with Crippen LogP contribution in [0.2, 0.25) is 0 Å². The van der Waals surface area contributed by atoms with Crippen molar-refractivity contribution in [2.75, 3.05) is 6.61 Å². The van der Waals surface area contributed by atoms with Gasteiger partial charge in [-0.05, 0) is 30.7 Å². The summed E-state index contributed by atoms with van der Waals surface area (Å²) in [4.78, 5) is 0. The molecule has 1 unspecified atom stereocenters. The number of furan rings is 1. The molecule has 132 valence electrons. The zero-order valence-corrected chi connectivity index (χ0v) is 15.2. The summed E-state index contributed by atoms with van der Waals surface area (Å²) in [7, 11) is 0. The SMILES string of the molecule is Cc1oc([C@@H]2OC[C@@H](O)[C@H]2O)cc1C1=NNC(c2ccc(Br)cc2)C1. The predicted molar refractivity (Wildman–Crippen MR) is 95.3 cm³/mol. The van der Waals surface area contributed by atoms with E-state index >= 15 is 0 Å². The summed E-state index contributed by atoms with van der Waals surface area (Å²) < 4.78 is 12.3. The summed E-state index contributed by atoms with van der Waals surface area (Å²) >= 11 is 3.44. The number of halogens is 1. The molecule has 7 heteroatoms. The first-order chi connectivity index (χ1) is 12.0. The van der Waals surface area contributed by atoms with E-state index in [1.54, 1.807) is 0 Å². The van der Waals surface area contributed by atoms with Crippen LogP contribution in [0.5, 0.6) is 0 Å². The highest BCUT2D eigenvalue weighted by atomic mass is 79.9. The van der Waals surface area contributed by atoms with Crippen molar-refractivity contribution in [2.24, 2.45) is 5.10 Å². The standard InChI is InChI=1S/C18H19BrN2O4/c1-9-12(6-16(25-9)18-17(23)15(22)8-24-18)14-7-13(20-21-14)10-2-4-11(19)5-3-10/h2-6,13,15,17-18,20,22-23H,7-8H2,1H3/t13?,15-,17-,18+/m1/s1. The summed E-state index contributed by atoms with van der Waals surface area (Å²) in [5.74, 6) is 1.25. The van der Waals surface area contributed by atoms with Crippen LogP contribution in [0.3, 0.4) is 0 Å². The maximum Gasteiger partial charge on any atom is 0.144 e. The summed E-state index contributed by atoms with van der Waals surface area (Å²) in [5.41, 5.74) is 6.15. The number of hydrazone groups is 1. The lowest BCUT2D eigenvalue weighted by molar-refractivity contribution is 0.0117. The number of nitrogens with zero attached hydrogens (tertiary/aromatic N) is 1. The van der Waals surface area contributed by atoms with Gasteiger partial charge in [-0.2, -0.15) is 5.10 Å². The van der Waals surface area contributed by atoms with E-state index in [9.17, 15) is 10.2 Å². The van der Waals surface area contributed by atoms with Crippen LogP contribution in [0.4, 0.5) is 0 Å². The smallest absolute Gasteiger partial charge is 0.144 e. The summed E-state index contributed by atoms with van der Waals surface area (Å²) in [6.45, 7) is 1.97. The van der Waals surface area contributed by atoms with E-state index in [0.717, 1.165) is 27.9 Å². The highest BCUT2D eigenvalue weighted by Crippen LogP contribution is 2.34. The Labute approximate surface area is 153 Å². The molecule has 2 aromatic rings. The quantitative estimate of drug-likeness (QED) is 0.728. The molecule has 0 bridgehead atoms. The Morgan fingerprint density at radius 3 is 2.68 bits per heavy atom. The van der Waals surface area contributed by atoms with Crippen LogP contribution in [-0.4, -0.2) is 34.7 Å². The molecule has 0 spiro atoms. The van der Waals surface area contributed by atoms with Crippen molar-refractivity contribution in [2.45, 2.75) is 37.7 Å². The first-order valence-corrected chi connectivity index (χ1v) is 8.98. The molecule has 4 atom stereocenters. The lowest BCUT2D eigenvalue weighted by Gasteiger charge is -2.11. The number of hydrogen-bond donors (Lipinski definition) is 3. The molecule has 0 amide bonds. The number of aliphatic hydroxyl groups excluding tert-OH is 2. The minimum Gasteiger partial charge on any atom is -0.463 e. The molecule has 3 heterocycles. The largest absolute Gasteiger partial charge is 0.463 e. The molecule has 0 aliphatic carbocycles. The molecule has 25 heavy (non-hydrogen) atoms. The lowest BCUT2D eigenvalue weighted by Crippen LogP contribution is -2.24. The monoisotopic (exact) mass is 406 g/mol. The maximum atomic E-state index is 10.0. The van der Waals surface area contributed by atoms with Gasteiger partial charge in [-0.15, -0.1) is 0 Å². The molecule has 1 aromatic heterocycles. The minimum atomic E-state index is -0.974. The molecular formula is C18H19BrN2O4. The number of ether oxygens (including phenoxy) is 1. The van der Waals surface area contributed by atoms with E-state index in [1.165, 1.54) is 5.56 Å². The van der Waals surface area contributed by atoms with Crippen molar-refractivity contribution < 1.29 is 19.4 Å². The third kappa shape index (κ3) is 3.13. The number of benzene rings is 1. The predicted octanol–water partition coefficient (Wildman–Crippen LogP) is 2.58. The van der Waals surface area contributed by atoms with E-state index in [2.05, 4.69) is 38.6 Å². The molecule has 0 saturated carbocycles. The van der Waals surface area contributed by atoms with Gasteiger partial charge in [0.25, 0.3) is 0 Å². The highest BCUT2D eigenvalue weighted by Gasteiger charge is 2.38. The van der Waals surface area contributed by atoms with Crippen LogP contribution >= 0.6 is 15.9 Å². The number of hydrogen-bond acceptors (Lipinski definition) is 6. The average molecular weight is 407 g/mol. The molecule has 2 aliphatic rings. The molecule has 1 fully saturated rings. The molecule has 2 aliphatic heterocycles. The fourth-order valence-electron chi connectivity index (χ4n) is 3.28. The summed E-state index contributed by atoms with van der Waals surface area (Å²) in [6, 6.07) is 10.1. The van der Waals surface area contributed by atoms with E-state index in [-0.39, 0.29) is 12.6 Å². The molecule has 0 radical (unpaired) electrons. The van der Waals surface area contributed by atoms with Gasteiger partial charge >= 0.3 is 0 Å². The fraction of sp³-hybridized carbons (Fsp3) is 0.389. The van der Waals surface area contributed by atoms with Crippen molar-refractivity contribution >= 4 is 21.6 Å². The van der Waals surface area contributed by atoms with Crippen LogP contribution in [0, 0.1) is 6.92 Å². The third-order valence-electron chi connectivity index (χ3n) is 4.70. The molecule has 6 nitrogen and oxygen atoms in total. The normalized spacial score (nSPS) is 28.9. The number of aliphatic hydroxyl groups is 2. The Balaban J connectivity index is 1.52. The van der Waals surface area contributed by atoms with E-state index in [4.69, 9.17) is 9.15 Å². The van der Waals surface area contributed by atoms with E-state index in [1.807, 2.05) is 25.1 Å². The molecule has 3 N–H and O–H groups in total. The summed E-state index contributed by atoms with van der Waals surface area (Å²) in [6.07, 6.45) is -1.75. The van der Waals surface area contributed by atoms with Crippen LogP contribution in [0.15, 0.2) is 44.3 Å². The van der Waals surface area contributed by atoms with Crippen molar-refractivity contribution in [3.05, 3.63) is 57.5 Å². The Morgan fingerprint density at radius 2 is 2.00 bits per heavy atom. The van der Waals surface area contributed by atoms with Crippen LogP contribution < -0.4 is 5.43 Å². The van der Waals surface area contributed by atoms with Crippen molar-refractivity contribution in [3.63, 3.8) is 0 Å². The first kappa shape index (κ1) is 16.8. The Bertz CT molecular complexity index is 802. The molecule has 1 aromatic carbocycles. The molecule has 4 rings (SSSR count). The van der Waals surface area contributed by atoms with Gasteiger partial charge in [0, 0.05) is 16.5 Å². The Morgan fingerprint density at radius 1 is 1.24 bits per heavy atom. The second kappa shape index (κ2) is 6.57. The van der Waals surface area contributed by atoms with Gasteiger partial charge in [-0.25, -0.2) is 0 Å². The zero-order chi connectivity index (χ0) is 17.6. The highest BCUT2D eigenvalue weighted by molar-refractivity contribution is 9.10. The Hall–Kier alpha value is -1.67. The van der Waals surface area contributed by atoms with Gasteiger partial charge in [0.2, 0.25) is 0 Å². The first-order valence-electron chi connectivity index (χ1n) is 8.19. The zero-order valence-electron chi connectivity index (χ0n) is 13.6. The number of nitrogens with one attached hydrogen (secondary N) is 1. The topological polar surface area (TPSA) is 87.2 Å². The van der Waals surface area contributed by atoms with Crippen molar-refractivity contribution in [1.82, 2.24) is 5.43 Å². The van der Waals surface area contributed by atoms with Crippen molar-refractivity contribution in [1.29, 1.82) is 0 Å². The van der Waals surface area contributed by atoms with Gasteiger partial charge in [0.05, 0.1) is 18.4 Å². The van der Waals surface area contributed by atoms with Gasteiger partial charge in [-0.1, -0.05) is 28.1 Å². The second-order valence-corrected chi connectivity index (χ2v) is 7.34. The Kier molecular flexibility index (Phi) is 4.41. The van der Waals surface area contributed by atoms with Crippen LogP contribution in [0.25, 0.3) is 0 Å². The van der Waals surface area contributed by atoms with Gasteiger partial charge in [0.1, 0.15) is 29.8 Å². The van der Waals surface area contributed by atoms with Crippen LogP contribution in [0.1, 0.15) is 41.2 Å². The average Bonchev–Trinajstić information content (AvgIpc) is 3.29. The van der Waals surface area contributed by atoms with Gasteiger partial charge in [0.15, 0.2) is 0 Å². The maximum absolute atomic E-state index is 10.0. The fourth-order valence-corrected chi connectivity index (χ4v) is 3.55. The third-order valence-corrected chi connectivity index (χ3v) is 5.23. The molecule has 1 saturated heterocycles. The van der Waals surface area contributed by atoms with Crippen molar-refractivity contribution in [3.8, 4) is 0 Å². The summed E-state index contributed by atoms with van der Waals surface area (Å²) in [5, 5.41) is 24.1. The lowest BCUT2D eigenvalue weighted by atomic mass is 9.99. The number of aryl methyl sites for hydroxylation is 1.